The van der Waals surface area contributed by atoms with Crippen molar-refractivity contribution in [3.63, 3.8) is 0 Å². The van der Waals surface area contributed by atoms with Crippen molar-refractivity contribution in [1.82, 2.24) is 4.98 Å². The Bertz CT molecular complexity index is 1150. The summed E-state index contributed by atoms with van der Waals surface area (Å²) in [4.78, 5) is 14.6. The highest BCUT2D eigenvalue weighted by Crippen LogP contribution is 2.45. The molecule has 166 valence electrons. The first kappa shape index (κ1) is 22.8. The molecule has 4 nitrogen and oxygen atoms in total. The van der Waals surface area contributed by atoms with E-state index >= 15 is 0 Å². The van der Waals surface area contributed by atoms with E-state index in [4.69, 9.17) is 4.74 Å². The zero-order chi connectivity index (χ0) is 23.0. The van der Waals surface area contributed by atoms with Crippen LogP contribution in [0.2, 0.25) is 0 Å². The van der Waals surface area contributed by atoms with Crippen molar-refractivity contribution in [2.24, 2.45) is 0 Å². The molecular weight excluding hydrogens is 414 g/mol. The second kappa shape index (κ2) is 8.00. The number of fused-ring (bicyclic) bond motifs is 1. The van der Waals surface area contributed by atoms with E-state index in [2.05, 4.69) is 4.98 Å². The Balaban J connectivity index is 2.09. The van der Waals surface area contributed by atoms with Crippen molar-refractivity contribution in [2.45, 2.75) is 43.9 Å². The number of halogens is 4. The number of ether oxygens (including phenoxy) is 1. The van der Waals surface area contributed by atoms with Crippen LogP contribution in [-0.4, -0.2) is 29.0 Å². The van der Waals surface area contributed by atoms with E-state index in [0.29, 0.717) is 10.9 Å². The number of rotatable bonds is 6. The summed E-state index contributed by atoms with van der Waals surface area (Å²) in [6.45, 7) is 2.97. The topological polar surface area (TPSA) is 62.3 Å². The normalized spacial score (nSPS) is 14.5. The van der Waals surface area contributed by atoms with E-state index in [1.807, 2.05) is 0 Å². The van der Waals surface area contributed by atoms with Crippen LogP contribution >= 0.6 is 0 Å². The van der Waals surface area contributed by atoms with Crippen molar-refractivity contribution >= 4 is 10.9 Å². The molecule has 3 aromatic rings. The summed E-state index contributed by atoms with van der Waals surface area (Å²) in [7, 11) is 1.34. The minimum atomic E-state index is -5.01. The molecule has 0 radical (unpaired) electrons. The zero-order valence-corrected chi connectivity index (χ0v) is 17.3. The molecule has 31 heavy (non-hydrogen) atoms. The second-order valence-corrected chi connectivity index (χ2v) is 8.32. The van der Waals surface area contributed by atoms with Crippen molar-refractivity contribution < 1.29 is 27.4 Å². The summed E-state index contributed by atoms with van der Waals surface area (Å²) in [5.74, 6) is -0.405. The molecule has 1 heterocycles. The van der Waals surface area contributed by atoms with Gasteiger partial charge in [0.05, 0.1) is 7.11 Å². The maximum absolute atomic E-state index is 14.2. The van der Waals surface area contributed by atoms with Crippen LogP contribution in [0.5, 0.6) is 5.75 Å². The number of methoxy groups -OCH3 is 1. The Labute approximate surface area is 176 Å². The van der Waals surface area contributed by atoms with Crippen molar-refractivity contribution in [1.29, 1.82) is 0 Å². The molecule has 0 saturated carbocycles. The monoisotopic (exact) mass is 437 g/mol. The lowest BCUT2D eigenvalue weighted by Crippen LogP contribution is -2.51. The maximum Gasteiger partial charge on any atom is 0.417 e. The van der Waals surface area contributed by atoms with Gasteiger partial charge in [-0.2, -0.15) is 13.2 Å². The quantitative estimate of drug-likeness (QED) is 0.541. The number of nitrogens with one attached hydrogen (secondary N) is 1. The van der Waals surface area contributed by atoms with Crippen LogP contribution in [0.1, 0.15) is 31.4 Å². The lowest BCUT2D eigenvalue weighted by Gasteiger charge is -2.38. The number of alkyl halides is 3. The molecule has 0 amide bonds. The summed E-state index contributed by atoms with van der Waals surface area (Å²) in [5.41, 5.74) is -4.40. The van der Waals surface area contributed by atoms with Crippen LogP contribution in [0.25, 0.3) is 10.9 Å². The van der Waals surface area contributed by atoms with E-state index in [1.54, 1.807) is 24.3 Å². The Morgan fingerprint density at radius 3 is 2.39 bits per heavy atom. The number of hydrogen-bond donors (Lipinski definition) is 2. The van der Waals surface area contributed by atoms with Gasteiger partial charge in [0.15, 0.2) is 5.60 Å². The first-order valence-corrected chi connectivity index (χ1v) is 9.60. The molecule has 0 aliphatic carbocycles. The van der Waals surface area contributed by atoms with Crippen LogP contribution in [-0.2, 0) is 11.8 Å². The van der Waals surface area contributed by atoms with Crippen LogP contribution < -0.4 is 10.3 Å². The lowest BCUT2D eigenvalue weighted by atomic mass is 9.72. The van der Waals surface area contributed by atoms with Crippen molar-refractivity contribution in [3.05, 3.63) is 75.8 Å². The average molecular weight is 437 g/mol. The molecular formula is C23H23F4NO3. The van der Waals surface area contributed by atoms with E-state index in [1.165, 1.54) is 27.0 Å². The standard InChI is InChI=1S/C23H23F4NO3/c1-21(2,17-11-15(24)8-9-19(17)31-3)13-22(30,23(25,26)27)12-14-10-20(29)28-18-7-5-4-6-16(14)18/h4-11,30H,12-13H2,1-3H3,(H,28,29). The smallest absolute Gasteiger partial charge is 0.417 e. The van der Waals surface area contributed by atoms with Gasteiger partial charge in [0.25, 0.3) is 0 Å². The predicted octanol–water partition coefficient (Wildman–Crippen LogP) is 4.88. The highest BCUT2D eigenvalue weighted by atomic mass is 19.4. The number of pyridine rings is 1. The van der Waals surface area contributed by atoms with Crippen LogP contribution in [0.4, 0.5) is 17.6 Å². The average Bonchev–Trinajstić information content (AvgIpc) is 2.66. The fourth-order valence-corrected chi connectivity index (χ4v) is 4.04. The number of para-hydroxylation sites is 1. The summed E-state index contributed by atoms with van der Waals surface area (Å²) in [6.07, 6.45) is -6.61. The molecule has 1 unspecified atom stereocenters. The Morgan fingerprint density at radius 1 is 1.06 bits per heavy atom. The summed E-state index contributed by atoms with van der Waals surface area (Å²) < 4.78 is 61.5. The molecule has 1 atom stereocenters. The highest BCUT2D eigenvalue weighted by Gasteiger charge is 2.56. The minimum absolute atomic E-state index is 0.0705. The Morgan fingerprint density at radius 2 is 1.74 bits per heavy atom. The summed E-state index contributed by atoms with van der Waals surface area (Å²) in [5, 5.41) is 11.3. The number of aromatic amines is 1. The number of aliphatic hydroxyl groups is 1. The molecule has 3 rings (SSSR count). The number of hydrogen-bond acceptors (Lipinski definition) is 3. The number of H-pyrrole nitrogens is 1. The fraction of sp³-hybridized carbons (Fsp3) is 0.348. The first-order valence-electron chi connectivity index (χ1n) is 9.60. The van der Waals surface area contributed by atoms with Gasteiger partial charge in [-0.15, -0.1) is 0 Å². The Kier molecular flexibility index (Phi) is 5.88. The second-order valence-electron chi connectivity index (χ2n) is 8.32. The van der Waals surface area contributed by atoms with E-state index in [-0.39, 0.29) is 16.9 Å². The number of benzene rings is 2. The minimum Gasteiger partial charge on any atom is -0.496 e. The van der Waals surface area contributed by atoms with Gasteiger partial charge in [0.2, 0.25) is 5.56 Å². The van der Waals surface area contributed by atoms with Crippen molar-refractivity contribution in [3.8, 4) is 5.75 Å². The van der Waals surface area contributed by atoms with E-state index in [9.17, 15) is 27.5 Å². The van der Waals surface area contributed by atoms with Gasteiger partial charge in [-0.3, -0.25) is 4.79 Å². The largest absolute Gasteiger partial charge is 0.496 e. The van der Waals surface area contributed by atoms with Gasteiger partial charge in [0, 0.05) is 29.0 Å². The molecule has 8 heteroatoms. The molecule has 0 spiro atoms. The number of aromatic nitrogens is 1. The van der Waals surface area contributed by atoms with E-state index < -0.39 is 41.4 Å². The summed E-state index contributed by atoms with van der Waals surface area (Å²) in [6, 6.07) is 11.1. The lowest BCUT2D eigenvalue weighted by molar-refractivity contribution is -0.266. The molecule has 0 fully saturated rings. The predicted molar refractivity (Wildman–Crippen MR) is 110 cm³/mol. The summed E-state index contributed by atoms with van der Waals surface area (Å²) >= 11 is 0. The van der Waals surface area contributed by atoms with Gasteiger partial charge in [-0.1, -0.05) is 32.0 Å². The highest BCUT2D eigenvalue weighted by molar-refractivity contribution is 5.81. The SMILES string of the molecule is COc1ccc(F)cc1C(C)(C)CC(O)(Cc1cc(=O)[nH]c2ccccc12)C(F)(F)F. The van der Waals surface area contributed by atoms with E-state index in [0.717, 1.165) is 18.2 Å². The molecule has 1 aromatic heterocycles. The molecule has 2 aromatic carbocycles. The van der Waals surface area contributed by atoms with Gasteiger partial charge in [-0.25, -0.2) is 4.39 Å². The van der Waals surface area contributed by atoms with Crippen LogP contribution in [0.15, 0.2) is 53.3 Å². The van der Waals surface area contributed by atoms with Gasteiger partial charge in [-0.05, 0) is 41.7 Å². The van der Waals surface area contributed by atoms with Crippen LogP contribution in [0, 0.1) is 5.82 Å². The van der Waals surface area contributed by atoms with Gasteiger partial charge in [0.1, 0.15) is 11.6 Å². The fourth-order valence-electron chi connectivity index (χ4n) is 4.04. The molecule has 0 saturated heterocycles. The Hall–Kier alpha value is -2.87. The molecule has 0 aliphatic rings. The van der Waals surface area contributed by atoms with Crippen molar-refractivity contribution in [2.75, 3.05) is 7.11 Å². The third-order valence-corrected chi connectivity index (χ3v) is 5.47. The zero-order valence-electron chi connectivity index (χ0n) is 17.3. The molecule has 2 N–H and O–H groups in total. The van der Waals surface area contributed by atoms with Crippen LogP contribution in [0.3, 0.4) is 0 Å². The third kappa shape index (κ3) is 4.58. The van der Waals surface area contributed by atoms with Gasteiger partial charge >= 0.3 is 6.18 Å². The molecule has 0 bridgehead atoms. The first-order chi connectivity index (χ1) is 14.4. The molecule has 0 aliphatic heterocycles. The maximum atomic E-state index is 14.2. The van der Waals surface area contributed by atoms with Gasteiger partial charge < -0.3 is 14.8 Å². The third-order valence-electron chi connectivity index (χ3n) is 5.47.